The molecule has 23 heavy (non-hydrogen) atoms. The van der Waals surface area contributed by atoms with Crippen LogP contribution in [0.5, 0.6) is 0 Å². The highest BCUT2D eigenvalue weighted by atomic mass is 32.2. The van der Waals surface area contributed by atoms with Crippen molar-refractivity contribution in [1.29, 1.82) is 0 Å². The smallest absolute Gasteiger partial charge is 0.314 e. The van der Waals surface area contributed by atoms with Gasteiger partial charge in [-0.2, -0.15) is 0 Å². The van der Waals surface area contributed by atoms with Crippen LogP contribution in [0.1, 0.15) is 33.3 Å². The molecule has 1 atom stereocenters. The van der Waals surface area contributed by atoms with E-state index in [1.165, 1.54) is 0 Å². The third-order valence-electron chi connectivity index (χ3n) is 3.45. The fourth-order valence-electron chi connectivity index (χ4n) is 2.14. The van der Waals surface area contributed by atoms with Gasteiger partial charge in [0.25, 0.3) is 0 Å². The van der Waals surface area contributed by atoms with E-state index < -0.39 is 0 Å². The molecule has 1 aliphatic heterocycles. The Bertz CT molecular complexity index is 596. The molecule has 1 heterocycles. The number of anilines is 1. The molecule has 3 N–H and O–H groups in total. The number of hydrogen-bond donors (Lipinski definition) is 3. The first kappa shape index (κ1) is 17.7. The highest BCUT2D eigenvalue weighted by Gasteiger charge is 2.22. The molecule has 1 aromatic carbocycles. The summed E-state index contributed by atoms with van der Waals surface area (Å²) in [6.45, 7) is 9.33. The summed E-state index contributed by atoms with van der Waals surface area (Å²) >= 11 is 1.57. The zero-order chi connectivity index (χ0) is 17.0. The van der Waals surface area contributed by atoms with Crippen molar-refractivity contribution < 1.29 is 9.59 Å². The van der Waals surface area contributed by atoms with Crippen LogP contribution >= 0.6 is 11.8 Å². The number of amides is 3. The van der Waals surface area contributed by atoms with Gasteiger partial charge < -0.3 is 16.0 Å². The van der Waals surface area contributed by atoms with Gasteiger partial charge >= 0.3 is 6.03 Å². The Hall–Kier alpha value is -1.69. The largest absolute Gasteiger partial charge is 0.338 e. The predicted molar refractivity (Wildman–Crippen MR) is 95.0 cm³/mol. The molecule has 6 heteroatoms. The second-order valence-corrected chi connectivity index (χ2v) is 8.38. The van der Waals surface area contributed by atoms with E-state index in [0.717, 1.165) is 22.6 Å². The molecule has 1 unspecified atom stereocenters. The minimum atomic E-state index is -0.143. The summed E-state index contributed by atoms with van der Waals surface area (Å²) in [6, 6.07) is 5.92. The lowest BCUT2D eigenvalue weighted by molar-refractivity contribution is -0.115. The SMILES string of the molecule is CC1Sc2ccc(CCNC(=O)NCC(C)(C)C)cc2NC1=O. The van der Waals surface area contributed by atoms with E-state index in [1.807, 2.05) is 25.1 Å². The number of carbonyl (C=O) groups is 2. The maximum atomic E-state index is 11.7. The van der Waals surface area contributed by atoms with Crippen LogP contribution in [0.3, 0.4) is 0 Å². The highest BCUT2D eigenvalue weighted by Crippen LogP contribution is 2.35. The minimum absolute atomic E-state index is 0.0410. The van der Waals surface area contributed by atoms with Crippen molar-refractivity contribution in [2.24, 2.45) is 5.41 Å². The second-order valence-electron chi connectivity index (χ2n) is 7.00. The fraction of sp³-hybridized carbons (Fsp3) is 0.529. The van der Waals surface area contributed by atoms with Gasteiger partial charge in [-0.15, -0.1) is 11.8 Å². The molecule has 0 aliphatic carbocycles. The third-order valence-corrected chi connectivity index (χ3v) is 4.63. The minimum Gasteiger partial charge on any atom is -0.338 e. The van der Waals surface area contributed by atoms with E-state index >= 15 is 0 Å². The highest BCUT2D eigenvalue weighted by molar-refractivity contribution is 8.00. The molecule has 0 bridgehead atoms. The van der Waals surface area contributed by atoms with E-state index in [-0.39, 0.29) is 22.6 Å². The molecule has 0 radical (unpaired) electrons. The molecule has 5 nitrogen and oxygen atoms in total. The van der Waals surface area contributed by atoms with Crippen molar-refractivity contribution in [1.82, 2.24) is 10.6 Å². The maximum Gasteiger partial charge on any atom is 0.314 e. The first-order valence-corrected chi connectivity index (χ1v) is 8.75. The summed E-state index contributed by atoms with van der Waals surface area (Å²) < 4.78 is 0. The number of rotatable bonds is 4. The molecular formula is C17H25N3O2S. The Morgan fingerprint density at radius 2 is 2.04 bits per heavy atom. The van der Waals surface area contributed by atoms with Crippen molar-refractivity contribution in [3.05, 3.63) is 23.8 Å². The molecular weight excluding hydrogens is 310 g/mol. The molecule has 0 spiro atoms. The Kier molecular flexibility index (Phi) is 5.57. The Balaban J connectivity index is 1.82. The van der Waals surface area contributed by atoms with Crippen LogP contribution < -0.4 is 16.0 Å². The average molecular weight is 335 g/mol. The van der Waals surface area contributed by atoms with Crippen molar-refractivity contribution in [2.45, 2.75) is 44.3 Å². The first-order chi connectivity index (χ1) is 10.7. The Labute approximate surface area is 142 Å². The third kappa shape index (κ3) is 5.46. The number of hydrogen-bond acceptors (Lipinski definition) is 3. The molecule has 0 fully saturated rings. The normalized spacial score (nSPS) is 17.2. The quantitative estimate of drug-likeness (QED) is 0.792. The van der Waals surface area contributed by atoms with E-state index in [4.69, 9.17) is 0 Å². The molecule has 2 rings (SSSR count). The maximum absolute atomic E-state index is 11.7. The van der Waals surface area contributed by atoms with Gasteiger partial charge in [0.05, 0.1) is 10.9 Å². The number of nitrogens with one attached hydrogen (secondary N) is 3. The second kappa shape index (κ2) is 7.25. The summed E-state index contributed by atoms with van der Waals surface area (Å²) in [5, 5.41) is 8.59. The molecule has 0 aromatic heterocycles. The average Bonchev–Trinajstić information content (AvgIpc) is 2.46. The van der Waals surface area contributed by atoms with Gasteiger partial charge in [-0.05, 0) is 36.5 Å². The van der Waals surface area contributed by atoms with E-state index in [2.05, 4.69) is 36.7 Å². The molecule has 1 aliphatic rings. The van der Waals surface area contributed by atoms with E-state index in [9.17, 15) is 9.59 Å². The summed E-state index contributed by atoms with van der Waals surface area (Å²) in [4.78, 5) is 24.5. The van der Waals surface area contributed by atoms with Gasteiger partial charge in [-0.3, -0.25) is 4.79 Å². The van der Waals surface area contributed by atoms with Gasteiger partial charge in [0, 0.05) is 18.0 Å². The number of carbonyl (C=O) groups excluding carboxylic acids is 2. The fourth-order valence-corrected chi connectivity index (χ4v) is 3.07. The van der Waals surface area contributed by atoms with Crippen LogP contribution in [0.25, 0.3) is 0 Å². The topological polar surface area (TPSA) is 70.2 Å². The van der Waals surface area contributed by atoms with Gasteiger partial charge in [0.1, 0.15) is 0 Å². The van der Waals surface area contributed by atoms with Crippen LogP contribution in [0.2, 0.25) is 0 Å². The van der Waals surface area contributed by atoms with E-state index in [1.54, 1.807) is 11.8 Å². The van der Waals surface area contributed by atoms with Gasteiger partial charge in [-0.25, -0.2) is 4.79 Å². The summed E-state index contributed by atoms with van der Waals surface area (Å²) in [5.41, 5.74) is 2.03. The predicted octanol–water partition coefficient (Wildman–Crippen LogP) is 3.01. The van der Waals surface area contributed by atoms with Crippen LogP contribution in [-0.4, -0.2) is 30.3 Å². The Morgan fingerprint density at radius 1 is 1.30 bits per heavy atom. The lowest BCUT2D eigenvalue weighted by atomic mass is 9.97. The van der Waals surface area contributed by atoms with Crippen LogP contribution in [0.15, 0.2) is 23.1 Å². The van der Waals surface area contributed by atoms with Crippen molar-refractivity contribution in [3.8, 4) is 0 Å². The number of thioether (sulfide) groups is 1. The molecule has 1 aromatic rings. The van der Waals surface area contributed by atoms with Crippen LogP contribution in [-0.2, 0) is 11.2 Å². The Morgan fingerprint density at radius 3 is 2.74 bits per heavy atom. The van der Waals surface area contributed by atoms with Gasteiger partial charge in [-0.1, -0.05) is 26.8 Å². The van der Waals surface area contributed by atoms with E-state index in [0.29, 0.717) is 13.1 Å². The number of urea groups is 1. The number of fused-ring (bicyclic) bond motifs is 1. The van der Waals surface area contributed by atoms with Crippen LogP contribution in [0, 0.1) is 5.41 Å². The monoisotopic (exact) mass is 335 g/mol. The lowest BCUT2D eigenvalue weighted by Gasteiger charge is -2.22. The standard InChI is InChI=1S/C17H25N3O2S/c1-11-15(21)20-13-9-12(5-6-14(13)23-11)7-8-18-16(22)19-10-17(2,3)4/h5-6,9,11H,7-8,10H2,1-4H3,(H,20,21)(H2,18,19,22). The summed E-state index contributed by atoms with van der Waals surface area (Å²) in [7, 11) is 0. The lowest BCUT2D eigenvalue weighted by Crippen LogP contribution is -2.40. The van der Waals surface area contributed by atoms with Crippen molar-refractivity contribution >= 4 is 29.4 Å². The van der Waals surface area contributed by atoms with Gasteiger partial charge in [0.15, 0.2) is 0 Å². The summed E-state index contributed by atoms with van der Waals surface area (Å²) in [6.07, 6.45) is 0.728. The molecule has 126 valence electrons. The molecule has 3 amide bonds. The van der Waals surface area contributed by atoms with Gasteiger partial charge in [0.2, 0.25) is 5.91 Å². The first-order valence-electron chi connectivity index (χ1n) is 7.87. The summed E-state index contributed by atoms with van der Waals surface area (Å²) in [5.74, 6) is 0.0410. The molecule has 0 saturated carbocycles. The van der Waals surface area contributed by atoms with Crippen molar-refractivity contribution in [3.63, 3.8) is 0 Å². The van der Waals surface area contributed by atoms with Crippen LogP contribution in [0.4, 0.5) is 10.5 Å². The van der Waals surface area contributed by atoms with Crippen molar-refractivity contribution in [2.75, 3.05) is 18.4 Å². The zero-order valence-corrected chi connectivity index (χ0v) is 15.0. The zero-order valence-electron chi connectivity index (χ0n) is 14.2. The number of benzene rings is 1. The molecule has 0 saturated heterocycles.